The molecule has 0 fully saturated rings. The largest absolute Gasteiger partial charge is 0.455 e. The Morgan fingerprint density at radius 3 is 1.96 bits per heavy atom. The van der Waals surface area contributed by atoms with Gasteiger partial charge in [0.1, 0.15) is 11.3 Å². The Hall–Kier alpha value is -7.60. The third-order valence-corrected chi connectivity index (χ3v) is 17.1. The molecule has 0 atom stereocenters. The molecule has 0 spiro atoms. The fraction of sp³-hybridized carbons (Fsp3) is 0.164. The second-order valence-electron chi connectivity index (χ2n) is 22.8. The van der Waals surface area contributed by atoms with E-state index in [1.807, 2.05) is 11.3 Å². The normalized spacial score (nSPS) is 13.8. The molecule has 1 N–H and O–H groups in total. The van der Waals surface area contributed by atoms with Crippen molar-refractivity contribution in [3.05, 3.63) is 198 Å². The number of thiophene rings is 1. The zero-order chi connectivity index (χ0) is 49.0. The molecule has 3 aromatic heterocycles. The molecular formula is C67H54BN2OS. The lowest BCUT2D eigenvalue weighted by atomic mass is 9.59. The minimum Gasteiger partial charge on any atom is -0.455 e. The smallest absolute Gasteiger partial charge is 0.198 e. The fourth-order valence-corrected chi connectivity index (χ4v) is 13.2. The number of anilines is 2. The SMILES string of the molecule is CC(C)(C)c1ccc(Nc2cc3c(cc2-c2ccc4c5cc6c(cc5n5c4c2[B]c2cc4oc(-c7ccccc7)c(-c7ccccc7)c4cc2-5)sc2ccccc26)-c2ccc(C(C)(C)C)cc2C3(C)C)cc1. The van der Waals surface area contributed by atoms with Crippen molar-refractivity contribution in [3.8, 4) is 50.4 Å². The van der Waals surface area contributed by atoms with E-state index in [4.69, 9.17) is 4.42 Å². The van der Waals surface area contributed by atoms with E-state index in [2.05, 4.69) is 248 Å². The van der Waals surface area contributed by atoms with Crippen LogP contribution in [0, 0.1) is 0 Å². The van der Waals surface area contributed by atoms with Gasteiger partial charge in [-0.2, -0.15) is 0 Å². The van der Waals surface area contributed by atoms with Crippen molar-refractivity contribution < 1.29 is 4.42 Å². The topological polar surface area (TPSA) is 30.1 Å². The Kier molecular flexibility index (Phi) is 9.13. The second-order valence-corrected chi connectivity index (χ2v) is 23.9. The maximum absolute atomic E-state index is 7.05. The molecule has 1 aliphatic carbocycles. The van der Waals surface area contributed by atoms with Crippen LogP contribution in [0.15, 0.2) is 180 Å². The fourth-order valence-electron chi connectivity index (χ4n) is 12.1. The number of hydrogen-bond donors (Lipinski definition) is 1. The minimum atomic E-state index is -0.199. The highest BCUT2D eigenvalue weighted by Crippen LogP contribution is 2.53. The summed E-state index contributed by atoms with van der Waals surface area (Å²) in [4.78, 5) is 0. The van der Waals surface area contributed by atoms with Crippen molar-refractivity contribution >= 4 is 93.9 Å². The Morgan fingerprint density at radius 2 is 1.21 bits per heavy atom. The number of fused-ring (bicyclic) bond motifs is 12. The zero-order valence-electron chi connectivity index (χ0n) is 42.1. The second kappa shape index (κ2) is 15.2. The summed E-state index contributed by atoms with van der Waals surface area (Å²) in [5.74, 6) is 0.883. The van der Waals surface area contributed by atoms with E-state index in [0.717, 1.165) is 55.9 Å². The molecule has 0 saturated heterocycles. The monoisotopic (exact) mass is 945 g/mol. The van der Waals surface area contributed by atoms with Gasteiger partial charge in [-0.15, -0.1) is 11.3 Å². The van der Waals surface area contributed by atoms with Gasteiger partial charge in [0, 0.05) is 81.0 Å². The summed E-state index contributed by atoms with van der Waals surface area (Å²) in [6.07, 6.45) is 0. The highest BCUT2D eigenvalue weighted by Gasteiger charge is 2.38. The van der Waals surface area contributed by atoms with Gasteiger partial charge < -0.3 is 14.3 Å². The average molecular weight is 946 g/mol. The summed E-state index contributed by atoms with van der Waals surface area (Å²) in [6, 6.07) is 65.8. The molecule has 0 saturated carbocycles. The van der Waals surface area contributed by atoms with Crippen LogP contribution in [0.1, 0.15) is 77.6 Å². The van der Waals surface area contributed by atoms with Crippen molar-refractivity contribution in [1.29, 1.82) is 0 Å². The van der Waals surface area contributed by atoms with Gasteiger partial charge in [-0.3, -0.25) is 0 Å². The van der Waals surface area contributed by atoms with Gasteiger partial charge in [0.2, 0.25) is 0 Å². The van der Waals surface area contributed by atoms with Gasteiger partial charge in [0.05, 0.1) is 5.52 Å². The molecule has 4 heterocycles. The van der Waals surface area contributed by atoms with Crippen molar-refractivity contribution in [2.45, 2.75) is 71.6 Å². The molecule has 347 valence electrons. The molecule has 0 amide bonds. The summed E-state index contributed by atoms with van der Waals surface area (Å²) < 4.78 is 12.2. The van der Waals surface area contributed by atoms with Crippen molar-refractivity contribution in [1.82, 2.24) is 4.57 Å². The number of hydrogen-bond acceptors (Lipinski definition) is 3. The third-order valence-electron chi connectivity index (χ3n) is 15.9. The van der Waals surface area contributed by atoms with Crippen molar-refractivity contribution in [2.24, 2.45) is 0 Å². The van der Waals surface area contributed by atoms with Crippen LogP contribution in [0.5, 0.6) is 0 Å². The molecule has 12 aromatic rings. The van der Waals surface area contributed by atoms with Crippen LogP contribution in [0.25, 0.3) is 103 Å². The quantitative estimate of drug-likeness (QED) is 0.174. The lowest BCUT2D eigenvalue weighted by molar-refractivity contribution is 0.584. The maximum atomic E-state index is 7.05. The Bertz CT molecular complexity index is 4230. The number of rotatable bonds is 5. The van der Waals surface area contributed by atoms with Crippen LogP contribution in [0.4, 0.5) is 11.4 Å². The third kappa shape index (κ3) is 6.42. The molecule has 1 radical (unpaired) electrons. The van der Waals surface area contributed by atoms with E-state index in [1.165, 1.54) is 91.9 Å². The first kappa shape index (κ1) is 43.2. The van der Waals surface area contributed by atoms with E-state index in [1.54, 1.807) is 0 Å². The Labute approximate surface area is 426 Å². The van der Waals surface area contributed by atoms with Crippen LogP contribution >= 0.6 is 11.3 Å². The molecule has 14 rings (SSSR count). The molecule has 0 unspecified atom stereocenters. The first-order chi connectivity index (χ1) is 34.7. The molecule has 0 bridgehead atoms. The standard InChI is InChI=1S/C67H54BN2OS/c1-65(2,3)40-23-26-42(27-24-40)69-55-35-53-47(43-28-25-41(66(4,5)6)31-52(43)67(53,7)8)32-48(55)45-29-30-46-49-33-50-44-21-15-16-22-59(44)72-60(50)37-56(49)70-57-34-51-58(36-54(57)68-62(45)63(46)70)71-64(39-19-13-10-14-20-39)61(51)38-17-11-9-12-18-38/h9-37,69H,1-8H3. The van der Waals surface area contributed by atoms with E-state index >= 15 is 0 Å². The lowest BCUT2D eigenvalue weighted by Crippen LogP contribution is -2.37. The van der Waals surface area contributed by atoms with Crippen LogP contribution in [-0.4, -0.2) is 11.8 Å². The minimum absolute atomic E-state index is 0.0370. The van der Waals surface area contributed by atoms with Crippen LogP contribution in [0.3, 0.4) is 0 Å². The molecule has 3 nitrogen and oxygen atoms in total. The number of benzene rings is 9. The lowest BCUT2D eigenvalue weighted by Gasteiger charge is -2.27. The molecule has 9 aromatic carbocycles. The molecule has 5 heteroatoms. The van der Waals surface area contributed by atoms with Gasteiger partial charge >= 0.3 is 0 Å². The number of aromatic nitrogens is 1. The predicted octanol–water partition coefficient (Wildman–Crippen LogP) is 17.5. The molecule has 2 aliphatic rings. The first-order valence-corrected chi connectivity index (χ1v) is 26.2. The highest BCUT2D eigenvalue weighted by atomic mass is 32.1. The summed E-state index contributed by atoms with van der Waals surface area (Å²) in [6.45, 7) is 18.6. The maximum Gasteiger partial charge on any atom is 0.198 e. The van der Waals surface area contributed by atoms with Gasteiger partial charge in [0.25, 0.3) is 0 Å². The number of nitrogens with zero attached hydrogens (tertiary/aromatic N) is 1. The molecule has 1 aliphatic heterocycles. The van der Waals surface area contributed by atoms with Gasteiger partial charge in [-0.1, -0.05) is 182 Å². The zero-order valence-corrected chi connectivity index (χ0v) is 42.9. The average Bonchev–Trinajstić information content (AvgIpc) is 4.10. The van der Waals surface area contributed by atoms with E-state index in [-0.39, 0.29) is 16.2 Å². The van der Waals surface area contributed by atoms with Gasteiger partial charge in [0.15, 0.2) is 7.28 Å². The van der Waals surface area contributed by atoms with Crippen LogP contribution in [-0.2, 0) is 16.2 Å². The van der Waals surface area contributed by atoms with E-state index in [0.29, 0.717) is 0 Å². The highest BCUT2D eigenvalue weighted by molar-refractivity contribution is 7.25. The molecule has 72 heavy (non-hydrogen) atoms. The molecular weight excluding hydrogens is 892 g/mol. The summed E-state index contributed by atoms with van der Waals surface area (Å²) in [7, 11) is 2.44. The van der Waals surface area contributed by atoms with Gasteiger partial charge in [-0.25, -0.2) is 0 Å². The summed E-state index contributed by atoms with van der Waals surface area (Å²) >= 11 is 1.88. The number of furan rings is 1. The van der Waals surface area contributed by atoms with Gasteiger partial charge in [-0.05, 0) is 115 Å². The summed E-state index contributed by atoms with van der Waals surface area (Å²) in [5, 5.41) is 10.2. The number of nitrogens with one attached hydrogen (secondary N) is 1. The van der Waals surface area contributed by atoms with Crippen LogP contribution < -0.4 is 16.2 Å². The first-order valence-electron chi connectivity index (χ1n) is 25.4. The Balaban J connectivity index is 1.06. The van der Waals surface area contributed by atoms with Crippen LogP contribution in [0.2, 0.25) is 0 Å². The predicted molar refractivity (Wildman–Crippen MR) is 309 cm³/mol. The summed E-state index contributed by atoms with van der Waals surface area (Å²) in [5.41, 5.74) is 22.5. The van der Waals surface area contributed by atoms with Crippen molar-refractivity contribution in [2.75, 3.05) is 5.32 Å². The van der Waals surface area contributed by atoms with E-state index < -0.39 is 0 Å². The van der Waals surface area contributed by atoms with Crippen molar-refractivity contribution in [3.63, 3.8) is 0 Å². The van der Waals surface area contributed by atoms with E-state index in [9.17, 15) is 0 Å². The Morgan fingerprint density at radius 1 is 0.528 bits per heavy atom.